The standard InChI is InChI=1S/C12H11F4NO/c1-7(17(2)3)11(18)9-5-4-8(6-10(9)13)12(14,15)16/h4-6H,1H2,2-3H3. The van der Waals surface area contributed by atoms with Gasteiger partial charge < -0.3 is 4.90 Å². The summed E-state index contributed by atoms with van der Waals surface area (Å²) in [6.07, 6.45) is -4.64. The summed E-state index contributed by atoms with van der Waals surface area (Å²) in [7, 11) is 3.06. The van der Waals surface area contributed by atoms with Crippen molar-refractivity contribution in [2.24, 2.45) is 0 Å². The minimum Gasteiger partial charge on any atom is -0.375 e. The molecule has 1 aromatic rings. The SMILES string of the molecule is C=C(C(=O)c1ccc(C(F)(F)F)cc1F)N(C)C. The summed E-state index contributed by atoms with van der Waals surface area (Å²) >= 11 is 0. The molecular weight excluding hydrogens is 250 g/mol. The third kappa shape index (κ3) is 2.88. The number of allylic oxidation sites excluding steroid dienone is 1. The smallest absolute Gasteiger partial charge is 0.375 e. The molecule has 0 aliphatic heterocycles. The second-order valence-electron chi connectivity index (χ2n) is 3.86. The maximum Gasteiger partial charge on any atom is 0.416 e. The van der Waals surface area contributed by atoms with Crippen molar-refractivity contribution >= 4 is 5.78 Å². The van der Waals surface area contributed by atoms with Gasteiger partial charge in [-0.25, -0.2) is 4.39 Å². The number of likely N-dealkylation sites (N-methyl/N-ethyl adjacent to an activating group) is 1. The predicted octanol–water partition coefficient (Wildman–Crippen LogP) is 3.10. The summed E-state index contributed by atoms with van der Waals surface area (Å²) in [6.45, 7) is 3.43. The Morgan fingerprint density at radius 2 is 1.83 bits per heavy atom. The van der Waals surface area contributed by atoms with Crippen LogP contribution in [0.25, 0.3) is 0 Å². The van der Waals surface area contributed by atoms with Crippen LogP contribution < -0.4 is 0 Å². The van der Waals surface area contributed by atoms with E-state index in [0.29, 0.717) is 12.1 Å². The first-order valence-corrected chi connectivity index (χ1v) is 4.92. The molecule has 1 aromatic carbocycles. The topological polar surface area (TPSA) is 20.3 Å². The molecule has 0 fully saturated rings. The molecule has 0 aliphatic rings. The van der Waals surface area contributed by atoms with Crippen LogP contribution in [0.5, 0.6) is 0 Å². The van der Waals surface area contributed by atoms with Crippen LogP contribution in [-0.2, 0) is 6.18 Å². The molecule has 6 heteroatoms. The number of benzene rings is 1. The van der Waals surface area contributed by atoms with Crippen LogP contribution in [0.2, 0.25) is 0 Å². The number of hydrogen-bond acceptors (Lipinski definition) is 2. The Bertz CT molecular complexity index is 491. The van der Waals surface area contributed by atoms with Crippen LogP contribution in [0.4, 0.5) is 17.6 Å². The van der Waals surface area contributed by atoms with E-state index >= 15 is 0 Å². The molecule has 0 saturated carbocycles. The number of nitrogens with zero attached hydrogens (tertiary/aromatic N) is 1. The van der Waals surface area contributed by atoms with Gasteiger partial charge in [-0.3, -0.25) is 4.79 Å². The first-order chi connectivity index (χ1) is 8.14. The lowest BCUT2D eigenvalue weighted by atomic mass is 10.0. The van der Waals surface area contributed by atoms with Crippen molar-refractivity contribution in [3.8, 4) is 0 Å². The number of rotatable bonds is 3. The number of ketones is 1. The van der Waals surface area contributed by atoms with Gasteiger partial charge in [0.1, 0.15) is 5.82 Å². The highest BCUT2D eigenvalue weighted by molar-refractivity contribution is 6.08. The molecule has 0 saturated heterocycles. The number of alkyl halides is 3. The fraction of sp³-hybridized carbons (Fsp3) is 0.250. The Kier molecular flexibility index (Phi) is 3.79. The van der Waals surface area contributed by atoms with Crippen LogP contribution in [0, 0.1) is 5.82 Å². The van der Waals surface area contributed by atoms with E-state index in [1.54, 1.807) is 0 Å². The number of hydrogen-bond donors (Lipinski definition) is 0. The molecule has 0 aliphatic carbocycles. The van der Waals surface area contributed by atoms with Crippen LogP contribution >= 0.6 is 0 Å². The highest BCUT2D eigenvalue weighted by Gasteiger charge is 2.31. The van der Waals surface area contributed by atoms with E-state index in [0.717, 1.165) is 6.07 Å². The summed E-state index contributed by atoms with van der Waals surface area (Å²) in [6, 6.07) is 1.78. The van der Waals surface area contributed by atoms with Gasteiger partial charge in [-0.1, -0.05) is 6.58 Å². The average Bonchev–Trinajstić information content (AvgIpc) is 2.25. The number of carbonyl (C=O) groups is 1. The Labute approximate surface area is 102 Å². The lowest BCUT2D eigenvalue weighted by Crippen LogP contribution is -2.19. The van der Waals surface area contributed by atoms with E-state index in [2.05, 4.69) is 6.58 Å². The number of carbonyl (C=O) groups excluding carboxylic acids is 1. The Balaban J connectivity index is 3.15. The molecule has 18 heavy (non-hydrogen) atoms. The summed E-state index contributed by atoms with van der Waals surface area (Å²) in [4.78, 5) is 13.1. The molecule has 0 spiro atoms. The van der Waals surface area contributed by atoms with Crippen molar-refractivity contribution in [1.29, 1.82) is 0 Å². The van der Waals surface area contributed by atoms with Crippen molar-refractivity contribution < 1.29 is 22.4 Å². The lowest BCUT2D eigenvalue weighted by molar-refractivity contribution is -0.137. The molecule has 1 rings (SSSR count). The molecule has 0 N–H and O–H groups in total. The van der Waals surface area contributed by atoms with Crippen LogP contribution in [0.15, 0.2) is 30.5 Å². The van der Waals surface area contributed by atoms with Crippen LogP contribution in [0.3, 0.4) is 0 Å². The molecular formula is C12H11F4NO. The lowest BCUT2D eigenvalue weighted by Gasteiger charge is -2.15. The van der Waals surface area contributed by atoms with Gasteiger partial charge in [0.25, 0.3) is 0 Å². The molecule has 98 valence electrons. The van der Waals surface area contributed by atoms with Gasteiger partial charge in [0, 0.05) is 14.1 Å². The van der Waals surface area contributed by atoms with Crippen molar-refractivity contribution in [1.82, 2.24) is 4.90 Å². The van der Waals surface area contributed by atoms with E-state index < -0.39 is 28.9 Å². The molecule has 0 amide bonds. The highest BCUT2D eigenvalue weighted by atomic mass is 19.4. The van der Waals surface area contributed by atoms with Gasteiger partial charge in [0.2, 0.25) is 5.78 Å². The number of halogens is 4. The molecule has 0 unspecified atom stereocenters. The first-order valence-electron chi connectivity index (χ1n) is 4.92. The van der Waals surface area contributed by atoms with Crippen LogP contribution in [-0.4, -0.2) is 24.8 Å². The normalized spacial score (nSPS) is 11.2. The Morgan fingerprint density at radius 1 is 1.28 bits per heavy atom. The molecule has 0 bridgehead atoms. The average molecular weight is 261 g/mol. The van der Waals surface area contributed by atoms with E-state index in [4.69, 9.17) is 0 Å². The molecule has 0 radical (unpaired) electrons. The van der Waals surface area contributed by atoms with Gasteiger partial charge in [0.15, 0.2) is 0 Å². The van der Waals surface area contributed by atoms with Gasteiger partial charge in [-0.15, -0.1) is 0 Å². The third-order valence-electron chi connectivity index (χ3n) is 2.34. The zero-order chi connectivity index (χ0) is 14.1. The predicted molar refractivity (Wildman–Crippen MR) is 58.6 cm³/mol. The van der Waals surface area contributed by atoms with E-state index in [1.165, 1.54) is 19.0 Å². The fourth-order valence-corrected chi connectivity index (χ4v) is 1.23. The van der Waals surface area contributed by atoms with E-state index in [1.807, 2.05) is 0 Å². The molecule has 0 heterocycles. The largest absolute Gasteiger partial charge is 0.416 e. The zero-order valence-corrected chi connectivity index (χ0v) is 9.81. The maximum absolute atomic E-state index is 13.5. The summed E-state index contributed by atoms with van der Waals surface area (Å²) in [5.41, 5.74) is -1.57. The quantitative estimate of drug-likeness (QED) is 0.473. The van der Waals surface area contributed by atoms with Gasteiger partial charge in [-0.05, 0) is 18.2 Å². The zero-order valence-electron chi connectivity index (χ0n) is 9.81. The fourth-order valence-electron chi connectivity index (χ4n) is 1.23. The monoisotopic (exact) mass is 261 g/mol. The van der Waals surface area contributed by atoms with Crippen LogP contribution in [0.1, 0.15) is 15.9 Å². The van der Waals surface area contributed by atoms with E-state index in [9.17, 15) is 22.4 Å². The molecule has 0 atom stereocenters. The van der Waals surface area contributed by atoms with E-state index in [-0.39, 0.29) is 5.70 Å². The minimum atomic E-state index is -4.64. The maximum atomic E-state index is 13.5. The number of Topliss-reactive ketones (excluding diaryl/α,β-unsaturated/α-hetero) is 1. The van der Waals surface area contributed by atoms with Crippen molar-refractivity contribution in [2.75, 3.05) is 14.1 Å². The van der Waals surface area contributed by atoms with Gasteiger partial charge in [-0.2, -0.15) is 13.2 Å². The Morgan fingerprint density at radius 3 is 2.22 bits per heavy atom. The van der Waals surface area contributed by atoms with Crippen molar-refractivity contribution in [3.63, 3.8) is 0 Å². The summed E-state index contributed by atoms with van der Waals surface area (Å²) in [5.74, 6) is -1.95. The van der Waals surface area contributed by atoms with Gasteiger partial charge >= 0.3 is 6.18 Å². The summed E-state index contributed by atoms with van der Waals surface area (Å²) in [5, 5.41) is 0. The second-order valence-corrected chi connectivity index (χ2v) is 3.86. The van der Waals surface area contributed by atoms with Crippen molar-refractivity contribution in [3.05, 3.63) is 47.4 Å². The minimum absolute atomic E-state index is 0.00587. The van der Waals surface area contributed by atoms with Gasteiger partial charge in [0.05, 0.1) is 16.8 Å². The third-order valence-corrected chi connectivity index (χ3v) is 2.34. The highest BCUT2D eigenvalue weighted by Crippen LogP contribution is 2.30. The van der Waals surface area contributed by atoms with Crippen molar-refractivity contribution in [2.45, 2.75) is 6.18 Å². The second kappa shape index (κ2) is 4.80. The molecule has 2 nitrogen and oxygen atoms in total. The molecule has 0 aromatic heterocycles. The summed E-state index contributed by atoms with van der Waals surface area (Å²) < 4.78 is 50.4. The first kappa shape index (κ1) is 14.2. The Hall–Kier alpha value is -1.85.